The molecule has 1 aromatic heterocycles. The van der Waals surface area contributed by atoms with Crippen molar-refractivity contribution >= 4 is 0 Å². The van der Waals surface area contributed by atoms with Gasteiger partial charge in [0.15, 0.2) is 0 Å². The van der Waals surface area contributed by atoms with Crippen molar-refractivity contribution in [3.8, 4) is 11.6 Å². The van der Waals surface area contributed by atoms with Gasteiger partial charge < -0.3 is 10.1 Å². The van der Waals surface area contributed by atoms with E-state index in [0.29, 0.717) is 11.9 Å². The topological polar surface area (TPSA) is 34.1 Å². The number of benzene rings is 1. The van der Waals surface area contributed by atoms with Crippen molar-refractivity contribution in [2.45, 2.75) is 47.2 Å². The molecule has 2 aromatic rings. The molecule has 2 rings (SSSR count). The van der Waals surface area contributed by atoms with Gasteiger partial charge in [0.2, 0.25) is 5.88 Å². The van der Waals surface area contributed by atoms with Crippen LogP contribution in [-0.2, 0) is 6.54 Å². The van der Waals surface area contributed by atoms with Crippen LogP contribution in [0.5, 0.6) is 11.6 Å². The van der Waals surface area contributed by atoms with Crippen LogP contribution in [0.15, 0.2) is 30.5 Å². The van der Waals surface area contributed by atoms with E-state index in [-0.39, 0.29) is 0 Å². The molecular formula is C18H24N2O. The van der Waals surface area contributed by atoms with Crippen molar-refractivity contribution in [1.29, 1.82) is 0 Å². The second-order valence-corrected chi connectivity index (χ2v) is 5.81. The zero-order chi connectivity index (χ0) is 15.4. The zero-order valence-electron chi connectivity index (χ0n) is 13.5. The summed E-state index contributed by atoms with van der Waals surface area (Å²) in [6, 6.07) is 8.66. The van der Waals surface area contributed by atoms with Gasteiger partial charge >= 0.3 is 0 Å². The molecule has 0 aliphatic rings. The molecule has 21 heavy (non-hydrogen) atoms. The highest BCUT2D eigenvalue weighted by atomic mass is 16.5. The van der Waals surface area contributed by atoms with Gasteiger partial charge in [-0.05, 0) is 49.6 Å². The number of nitrogens with zero attached hydrogens (tertiary/aromatic N) is 1. The highest BCUT2D eigenvalue weighted by molar-refractivity contribution is 5.44. The average Bonchev–Trinajstić information content (AvgIpc) is 2.43. The van der Waals surface area contributed by atoms with Crippen molar-refractivity contribution < 1.29 is 4.74 Å². The standard InChI is InChI=1S/C18H24N2O/c1-12(2)20-11-16-7-6-8-19-18(16)21-17-10-13(3)9-14(4)15(17)5/h6-10,12,20H,11H2,1-5H3. The van der Waals surface area contributed by atoms with Gasteiger partial charge in [0.25, 0.3) is 0 Å². The Morgan fingerprint density at radius 1 is 1.19 bits per heavy atom. The molecule has 0 atom stereocenters. The molecule has 0 saturated heterocycles. The van der Waals surface area contributed by atoms with E-state index in [1.807, 2.05) is 6.07 Å². The van der Waals surface area contributed by atoms with Crippen LogP contribution >= 0.6 is 0 Å². The average molecular weight is 284 g/mol. The summed E-state index contributed by atoms with van der Waals surface area (Å²) in [4.78, 5) is 4.39. The summed E-state index contributed by atoms with van der Waals surface area (Å²) in [5.41, 5.74) is 4.67. The molecule has 0 aliphatic carbocycles. The Kier molecular flexibility index (Phi) is 4.97. The Labute approximate surface area is 127 Å². The first-order chi connectivity index (χ1) is 9.97. The smallest absolute Gasteiger partial charge is 0.223 e. The molecule has 0 fully saturated rings. The lowest BCUT2D eigenvalue weighted by Gasteiger charge is -2.15. The minimum Gasteiger partial charge on any atom is -0.438 e. The Bertz CT molecular complexity index is 621. The quantitative estimate of drug-likeness (QED) is 0.889. The number of aryl methyl sites for hydroxylation is 2. The van der Waals surface area contributed by atoms with Crippen LogP contribution in [0.2, 0.25) is 0 Å². The summed E-state index contributed by atoms with van der Waals surface area (Å²) in [7, 11) is 0. The maximum atomic E-state index is 6.08. The molecule has 1 N–H and O–H groups in total. The predicted molar refractivity (Wildman–Crippen MR) is 86.9 cm³/mol. The third kappa shape index (κ3) is 4.05. The van der Waals surface area contributed by atoms with Crippen LogP contribution in [-0.4, -0.2) is 11.0 Å². The van der Waals surface area contributed by atoms with Crippen LogP contribution in [0.3, 0.4) is 0 Å². The maximum absolute atomic E-state index is 6.08. The Balaban J connectivity index is 2.27. The summed E-state index contributed by atoms with van der Waals surface area (Å²) >= 11 is 0. The Morgan fingerprint density at radius 3 is 2.67 bits per heavy atom. The van der Waals surface area contributed by atoms with Crippen molar-refractivity contribution in [3.05, 3.63) is 52.7 Å². The molecule has 0 unspecified atom stereocenters. The number of ether oxygens (including phenoxy) is 1. The van der Waals surface area contributed by atoms with E-state index in [2.05, 4.69) is 63.1 Å². The molecule has 3 nitrogen and oxygen atoms in total. The van der Waals surface area contributed by atoms with Gasteiger partial charge in [-0.15, -0.1) is 0 Å². The zero-order valence-corrected chi connectivity index (χ0v) is 13.5. The van der Waals surface area contributed by atoms with Crippen molar-refractivity contribution in [2.24, 2.45) is 0 Å². The second kappa shape index (κ2) is 6.72. The first-order valence-corrected chi connectivity index (χ1v) is 7.40. The van der Waals surface area contributed by atoms with Crippen LogP contribution in [0.1, 0.15) is 36.1 Å². The van der Waals surface area contributed by atoms with Crippen molar-refractivity contribution in [2.75, 3.05) is 0 Å². The molecule has 0 amide bonds. The number of nitrogens with one attached hydrogen (secondary N) is 1. The Hall–Kier alpha value is -1.87. The van der Waals surface area contributed by atoms with Gasteiger partial charge in [-0.3, -0.25) is 0 Å². The molecule has 1 heterocycles. The summed E-state index contributed by atoms with van der Waals surface area (Å²) < 4.78 is 6.08. The van der Waals surface area contributed by atoms with Crippen LogP contribution < -0.4 is 10.1 Å². The fraction of sp³-hybridized carbons (Fsp3) is 0.389. The third-order valence-corrected chi connectivity index (χ3v) is 3.52. The molecule has 0 spiro atoms. The number of hydrogen-bond donors (Lipinski definition) is 1. The van der Waals surface area contributed by atoms with E-state index < -0.39 is 0 Å². The number of rotatable bonds is 5. The predicted octanol–water partition coefficient (Wildman–Crippen LogP) is 4.30. The monoisotopic (exact) mass is 284 g/mol. The van der Waals surface area contributed by atoms with Gasteiger partial charge in [-0.2, -0.15) is 0 Å². The maximum Gasteiger partial charge on any atom is 0.223 e. The molecule has 3 heteroatoms. The highest BCUT2D eigenvalue weighted by Gasteiger charge is 2.10. The van der Waals surface area contributed by atoms with Crippen molar-refractivity contribution in [1.82, 2.24) is 10.3 Å². The highest BCUT2D eigenvalue weighted by Crippen LogP contribution is 2.29. The van der Waals surface area contributed by atoms with E-state index >= 15 is 0 Å². The number of hydrogen-bond acceptors (Lipinski definition) is 3. The molecule has 0 bridgehead atoms. The summed E-state index contributed by atoms with van der Waals surface area (Å²) in [6.07, 6.45) is 1.77. The number of pyridine rings is 1. The minimum absolute atomic E-state index is 0.431. The fourth-order valence-electron chi connectivity index (χ4n) is 2.18. The van der Waals surface area contributed by atoms with Crippen LogP contribution in [0, 0.1) is 20.8 Å². The largest absolute Gasteiger partial charge is 0.438 e. The lowest BCUT2D eigenvalue weighted by molar-refractivity contribution is 0.446. The van der Waals surface area contributed by atoms with Gasteiger partial charge in [0.1, 0.15) is 5.75 Å². The SMILES string of the molecule is Cc1cc(C)c(C)c(Oc2ncccc2CNC(C)C)c1. The first-order valence-electron chi connectivity index (χ1n) is 7.40. The van der Waals surface area contributed by atoms with E-state index in [9.17, 15) is 0 Å². The normalized spacial score (nSPS) is 11.0. The van der Waals surface area contributed by atoms with Gasteiger partial charge in [0.05, 0.1) is 0 Å². The van der Waals surface area contributed by atoms with Gasteiger partial charge in [0, 0.05) is 24.3 Å². The van der Waals surface area contributed by atoms with Gasteiger partial charge in [-0.25, -0.2) is 4.98 Å². The molecular weight excluding hydrogens is 260 g/mol. The second-order valence-electron chi connectivity index (χ2n) is 5.81. The summed E-state index contributed by atoms with van der Waals surface area (Å²) in [5.74, 6) is 1.57. The lowest BCUT2D eigenvalue weighted by atomic mass is 10.1. The van der Waals surface area contributed by atoms with Crippen LogP contribution in [0.25, 0.3) is 0 Å². The number of aromatic nitrogens is 1. The molecule has 112 valence electrons. The van der Waals surface area contributed by atoms with E-state index in [1.54, 1.807) is 6.20 Å². The van der Waals surface area contributed by atoms with E-state index in [1.165, 1.54) is 11.1 Å². The molecule has 0 saturated carbocycles. The van der Waals surface area contributed by atoms with E-state index in [4.69, 9.17) is 4.74 Å². The Morgan fingerprint density at radius 2 is 1.95 bits per heavy atom. The van der Waals surface area contributed by atoms with Crippen LogP contribution in [0.4, 0.5) is 0 Å². The molecule has 1 aromatic carbocycles. The molecule has 0 radical (unpaired) electrons. The molecule has 0 aliphatic heterocycles. The van der Waals surface area contributed by atoms with Crippen molar-refractivity contribution in [3.63, 3.8) is 0 Å². The third-order valence-electron chi connectivity index (χ3n) is 3.52. The minimum atomic E-state index is 0.431. The lowest BCUT2D eigenvalue weighted by Crippen LogP contribution is -2.22. The van der Waals surface area contributed by atoms with E-state index in [0.717, 1.165) is 23.4 Å². The summed E-state index contributed by atoms with van der Waals surface area (Å²) in [6.45, 7) is 11.3. The van der Waals surface area contributed by atoms with Gasteiger partial charge in [-0.1, -0.05) is 26.0 Å². The fourth-order valence-corrected chi connectivity index (χ4v) is 2.18. The first kappa shape index (κ1) is 15.5. The summed E-state index contributed by atoms with van der Waals surface area (Å²) in [5, 5.41) is 3.41.